The minimum absolute atomic E-state index is 0.0952. The fraction of sp³-hybridized carbons (Fsp3) is 0.231. The summed E-state index contributed by atoms with van der Waals surface area (Å²) >= 11 is 1.47. The molecule has 0 aliphatic carbocycles. The van der Waals surface area contributed by atoms with E-state index in [1.165, 1.54) is 23.5 Å². The maximum atomic E-state index is 13.8. The molecule has 1 atom stereocenters. The molecule has 0 bridgehead atoms. The summed E-state index contributed by atoms with van der Waals surface area (Å²) in [5, 5.41) is 0.590. The standard InChI is InChI=1S/C26H23FN4O2S/c1-16-11-17(2)24-22(12-16)34-26(29-24)31(15-20-5-3-4-10-28-20)25(33)18-13-23(32)30(14-18)21-8-6-19(27)7-9-21/h3-12,18H,13-15H2,1-2H3. The summed E-state index contributed by atoms with van der Waals surface area (Å²) in [6.45, 7) is 4.56. The molecule has 6 nitrogen and oxygen atoms in total. The van der Waals surface area contributed by atoms with Crippen LogP contribution >= 0.6 is 11.3 Å². The third-order valence-electron chi connectivity index (χ3n) is 5.97. The molecule has 0 spiro atoms. The zero-order chi connectivity index (χ0) is 23.8. The average Bonchev–Trinajstić information content (AvgIpc) is 3.42. The molecule has 5 rings (SSSR count). The van der Waals surface area contributed by atoms with Crippen molar-refractivity contribution in [3.8, 4) is 0 Å². The molecule has 0 N–H and O–H groups in total. The smallest absolute Gasteiger partial charge is 0.234 e. The first-order chi connectivity index (χ1) is 16.4. The topological polar surface area (TPSA) is 66.4 Å². The van der Waals surface area contributed by atoms with Crippen LogP contribution in [0.4, 0.5) is 15.2 Å². The van der Waals surface area contributed by atoms with Crippen LogP contribution in [0.3, 0.4) is 0 Å². The van der Waals surface area contributed by atoms with E-state index in [2.05, 4.69) is 17.1 Å². The number of amides is 2. The van der Waals surface area contributed by atoms with Crippen molar-refractivity contribution in [3.63, 3.8) is 0 Å². The number of carbonyl (C=O) groups excluding carboxylic acids is 2. The van der Waals surface area contributed by atoms with E-state index in [0.29, 0.717) is 10.8 Å². The summed E-state index contributed by atoms with van der Waals surface area (Å²) in [6, 6.07) is 15.5. The van der Waals surface area contributed by atoms with Gasteiger partial charge in [0.05, 0.1) is 28.4 Å². The minimum Gasteiger partial charge on any atom is -0.312 e. The SMILES string of the molecule is Cc1cc(C)c2nc(N(Cc3ccccn3)C(=O)C3CC(=O)N(c4ccc(F)cc4)C3)sc2c1. The number of aryl methyl sites for hydroxylation is 2. The molecule has 4 aromatic rings. The van der Waals surface area contributed by atoms with Gasteiger partial charge in [0.15, 0.2) is 5.13 Å². The lowest BCUT2D eigenvalue weighted by Crippen LogP contribution is -2.37. The lowest BCUT2D eigenvalue weighted by molar-refractivity contribution is -0.124. The van der Waals surface area contributed by atoms with Gasteiger partial charge in [-0.15, -0.1) is 0 Å². The zero-order valence-corrected chi connectivity index (χ0v) is 19.7. The van der Waals surface area contributed by atoms with Gasteiger partial charge in [0.2, 0.25) is 11.8 Å². The summed E-state index contributed by atoms with van der Waals surface area (Å²) in [6.07, 6.45) is 1.79. The molecule has 1 fully saturated rings. The molecule has 2 aromatic heterocycles. The first kappa shape index (κ1) is 22.2. The second kappa shape index (κ2) is 8.95. The first-order valence-corrected chi connectivity index (χ1v) is 11.9. The molecule has 8 heteroatoms. The van der Waals surface area contributed by atoms with E-state index in [1.54, 1.807) is 28.1 Å². The number of halogens is 1. The molecule has 172 valence electrons. The van der Waals surface area contributed by atoms with E-state index in [1.807, 2.05) is 32.0 Å². The monoisotopic (exact) mass is 474 g/mol. The highest BCUT2D eigenvalue weighted by Gasteiger charge is 2.38. The van der Waals surface area contributed by atoms with Crippen molar-refractivity contribution in [1.82, 2.24) is 9.97 Å². The molecule has 1 saturated heterocycles. The predicted molar refractivity (Wildman–Crippen MR) is 131 cm³/mol. The van der Waals surface area contributed by atoms with Crippen molar-refractivity contribution in [3.05, 3.63) is 83.4 Å². The maximum Gasteiger partial charge on any atom is 0.234 e. The highest BCUT2D eigenvalue weighted by atomic mass is 32.1. The van der Waals surface area contributed by atoms with Crippen LogP contribution in [0.1, 0.15) is 23.2 Å². The van der Waals surface area contributed by atoms with Crippen LogP contribution < -0.4 is 9.80 Å². The summed E-state index contributed by atoms with van der Waals surface area (Å²) in [5.74, 6) is -1.22. The fourth-order valence-electron chi connectivity index (χ4n) is 4.33. The molecule has 34 heavy (non-hydrogen) atoms. The predicted octanol–water partition coefficient (Wildman–Crippen LogP) is 5.03. The first-order valence-electron chi connectivity index (χ1n) is 11.0. The molecule has 1 aliphatic rings. The van der Waals surface area contributed by atoms with E-state index in [-0.39, 0.29) is 37.1 Å². The molecule has 1 aliphatic heterocycles. The van der Waals surface area contributed by atoms with Crippen LogP contribution in [0.25, 0.3) is 10.2 Å². The molecule has 0 radical (unpaired) electrons. The van der Waals surface area contributed by atoms with Crippen molar-refractivity contribution in [2.75, 3.05) is 16.3 Å². The van der Waals surface area contributed by atoms with E-state index >= 15 is 0 Å². The number of benzene rings is 2. The minimum atomic E-state index is -0.531. The molecule has 2 amide bonds. The van der Waals surface area contributed by atoms with Gasteiger partial charge in [0, 0.05) is 24.8 Å². The van der Waals surface area contributed by atoms with Gasteiger partial charge in [-0.2, -0.15) is 0 Å². The summed E-state index contributed by atoms with van der Waals surface area (Å²) in [4.78, 5) is 38.9. The number of aromatic nitrogens is 2. The van der Waals surface area contributed by atoms with Crippen molar-refractivity contribution >= 4 is 44.2 Å². The molecular formula is C26H23FN4O2S. The molecule has 3 heterocycles. The van der Waals surface area contributed by atoms with Gasteiger partial charge >= 0.3 is 0 Å². The number of anilines is 2. The van der Waals surface area contributed by atoms with Gasteiger partial charge in [0.25, 0.3) is 0 Å². The Balaban J connectivity index is 1.48. The summed E-state index contributed by atoms with van der Waals surface area (Å²) < 4.78 is 14.4. The van der Waals surface area contributed by atoms with Crippen LogP contribution in [0.15, 0.2) is 60.8 Å². The number of pyridine rings is 1. The Morgan fingerprint density at radius 2 is 1.97 bits per heavy atom. The number of rotatable bonds is 5. The fourth-order valence-corrected chi connectivity index (χ4v) is 5.48. The van der Waals surface area contributed by atoms with Crippen LogP contribution in [-0.4, -0.2) is 28.3 Å². The van der Waals surface area contributed by atoms with Gasteiger partial charge in [-0.05, 0) is 67.4 Å². The third kappa shape index (κ3) is 4.28. The number of fused-ring (bicyclic) bond motifs is 1. The van der Waals surface area contributed by atoms with Gasteiger partial charge in [-0.1, -0.05) is 23.5 Å². The van der Waals surface area contributed by atoms with Gasteiger partial charge < -0.3 is 4.90 Å². The van der Waals surface area contributed by atoms with Gasteiger partial charge in [-0.25, -0.2) is 9.37 Å². The average molecular weight is 475 g/mol. The number of hydrogen-bond acceptors (Lipinski definition) is 5. The van der Waals surface area contributed by atoms with Gasteiger partial charge in [0.1, 0.15) is 5.82 Å². The van der Waals surface area contributed by atoms with Crippen LogP contribution in [0.5, 0.6) is 0 Å². The normalized spacial score (nSPS) is 15.8. The second-order valence-electron chi connectivity index (χ2n) is 8.55. The van der Waals surface area contributed by atoms with Crippen LogP contribution in [0.2, 0.25) is 0 Å². The van der Waals surface area contributed by atoms with Crippen molar-refractivity contribution in [1.29, 1.82) is 0 Å². The molecular weight excluding hydrogens is 451 g/mol. The Labute approximate surface area is 200 Å². The Morgan fingerprint density at radius 3 is 2.71 bits per heavy atom. The highest BCUT2D eigenvalue weighted by Crippen LogP contribution is 2.35. The van der Waals surface area contributed by atoms with Crippen molar-refractivity contribution in [2.24, 2.45) is 5.92 Å². The highest BCUT2D eigenvalue weighted by molar-refractivity contribution is 7.22. The number of carbonyl (C=O) groups is 2. The third-order valence-corrected chi connectivity index (χ3v) is 7.00. The van der Waals surface area contributed by atoms with E-state index in [9.17, 15) is 14.0 Å². The quantitative estimate of drug-likeness (QED) is 0.407. The Kier molecular flexibility index (Phi) is 5.83. The molecule has 0 saturated carbocycles. The van der Waals surface area contributed by atoms with E-state index in [0.717, 1.165) is 27.0 Å². The number of hydrogen-bond donors (Lipinski definition) is 0. The van der Waals surface area contributed by atoms with Crippen molar-refractivity contribution < 1.29 is 14.0 Å². The Bertz CT molecular complexity index is 1370. The van der Waals surface area contributed by atoms with Gasteiger partial charge in [-0.3, -0.25) is 19.5 Å². The summed E-state index contributed by atoms with van der Waals surface area (Å²) in [7, 11) is 0. The summed E-state index contributed by atoms with van der Waals surface area (Å²) in [5.41, 5.74) is 4.40. The molecule has 1 unspecified atom stereocenters. The van der Waals surface area contributed by atoms with Crippen LogP contribution in [-0.2, 0) is 16.1 Å². The van der Waals surface area contributed by atoms with Crippen molar-refractivity contribution in [2.45, 2.75) is 26.8 Å². The largest absolute Gasteiger partial charge is 0.312 e. The Hall–Kier alpha value is -3.65. The van der Waals surface area contributed by atoms with Crippen LogP contribution in [0, 0.1) is 25.6 Å². The maximum absolute atomic E-state index is 13.8. The zero-order valence-electron chi connectivity index (χ0n) is 18.9. The van der Waals surface area contributed by atoms with E-state index in [4.69, 9.17) is 4.98 Å². The lowest BCUT2D eigenvalue weighted by Gasteiger charge is -2.23. The van der Waals surface area contributed by atoms with E-state index < -0.39 is 5.92 Å². The molecule has 2 aromatic carbocycles. The Morgan fingerprint density at radius 1 is 1.18 bits per heavy atom. The number of nitrogens with zero attached hydrogens (tertiary/aromatic N) is 4. The lowest BCUT2D eigenvalue weighted by atomic mass is 10.1. The number of thiazole rings is 1. The second-order valence-corrected chi connectivity index (χ2v) is 9.56.